The van der Waals surface area contributed by atoms with E-state index in [0.717, 1.165) is 0 Å². The van der Waals surface area contributed by atoms with E-state index in [9.17, 15) is 24.1 Å². The average molecular weight is 493 g/mol. The van der Waals surface area contributed by atoms with Gasteiger partial charge in [0, 0.05) is 68.4 Å². The molecule has 1 aliphatic heterocycles. The maximum absolute atomic E-state index is 14.0. The first-order valence-electron chi connectivity index (χ1n) is 9.65. The van der Waals surface area contributed by atoms with Gasteiger partial charge in [0.2, 0.25) is 5.91 Å². The Bertz CT molecular complexity index is 1020. The van der Waals surface area contributed by atoms with E-state index in [2.05, 4.69) is 15.9 Å². The molecule has 31 heavy (non-hydrogen) atoms. The molecular formula is C21H22BrFN4O4. The molecule has 10 heteroatoms. The van der Waals surface area contributed by atoms with E-state index < -0.39 is 16.6 Å². The number of hydrogen-bond donors (Lipinski definition) is 0. The summed E-state index contributed by atoms with van der Waals surface area (Å²) in [4.78, 5) is 40.4. The number of hydrogen-bond acceptors (Lipinski definition) is 5. The van der Waals surface area contributed by atoms with Crippen LogP contribution in [0.4, 0.5) is 15.8 Å². The van der Waals surface area contributed by atoms with Crippen LogP contribution in [0.1, 0.15) is 22.8 Å². The zero-order valence-corrected chi connectivity index (χ0v) is 18.8. The number of rotatable bonds is 5. The lowest BCUT2D eigenvalue weighted by Gasteiger charge is -2.35. The van der Waals surface area contributed by atoms with Crippen LogP contribution < -0.4 is 4.90 Å². The lowest BCUT2D eigenvalue weighted by atomic mass is 10.1. The highest BCUT2D eigenvalue weighted by Crippen LogP contribution is 2.30. The number of carbonyl (C=O) groups excluding carboxylic acids is 2. The van der Waals surface area contributed by atoms with Gasteiger partial charge in [-0.15, -0.1) is 0 Å². The fourth-order valence-corrected chi connectivity index (χ4v) is 3.95. The standard InChI is InChI=1S/C21H22BrFN4O4/c1-14(28)25-7-9-26(10-8-25)19-6-3-15(12-20(19)27(30)31)21(29)24(2)13-16-11-17(22)4-5-18(16)23/h3-6,11-12H,7-10,13H2,1-2H3. The van der Waals surface area contributed by atoms with Gasteiger partial charge in [0.1, 0.15) is 11.5 Å². The monoisotopic (exact) mass is 492 g/mol. The molecule has 3 rings (SSSR count). The van der Waals surface area contributed by atoms with Crippen molar-refractivity contribution in [2.24, 2.45) is 0 Å². The minimum Gasteiger partial charge on any atom is -0.362 e. The predicted octanol–water partition coefficient (Wildman–Crippen LogP) is 3.44. The molecule has 0 aliphatic carbocycles. The Morgan fingerprint density at radius 1 is 1.16 bits per heavy atom. The van der Waals surface area contributed by atoms with Gasteiger partial charge in [-0.3, -0.25) is 19.7 Å². The van der Waals surface area contributed by atoms with Crippen LogP contribution in [0.25, 0.3) is 0 Å². The number of halogens is 2. The van der Waals surface area contributed by atoms with Gasteiger partial charge < -0.3 is 14.7 Å². The first-order valence-corrected chi connectivity index (χ1v) is 10.4. The minimum atomic E-state index is -0.516. The predicted molar refractivity (Wildman–Crippen MR) is 117 cm³/mol. The molecule has 0 saturated carbocycles. The molecule has 2 amide bonds. The molecule has 0 unspecified atom stereocenters. The van der Waals surface area contributed by atoms with Gasteiger partial charge in [0.15, 0.2) is 0 Å². The summed E-state index contributed by atoms with van der Waals surface area (Å²) in [5.74, 6) is -0.913. The van der Waals surface area contributed by atoms with Gasteiger partial charge >= 0.3 is 0 Å². The van der Waals surface area contributed by atoms with E-state index in [1.165, 1.54) is 37.1 Å². The van der Waals surface area contributed by atoms with Gasteiger partial charge in [-0.2, -0.15) is 0 Å². The Labute approximate surface area is 187 Å². The van der Waals surface area contributed by atoms with Crippen LogP contribution in [0.15, 0.2) is 40.9 Å². The highest BCUT2D eigenvalue weighted by molar-refractivity contribution is 9.10. The molecule has 0 N–H and O–H groups in total. The smallest absolute Gasteiger partial charge is 0.293 e. The summed E-state index contributed by atoms with van der Waals surface area (Å²) in [5.41, 5.74) is 0.713. The molecule has 0 aromatic heterocycles. The van der Waals surface area contributed by atoms with Crippen molar-refractivity contribution in [3.8, 4) is 0 Å². The summed E-state index contributed by atoms with van der Waals surface area (Å²) in [5, 5.41) is 11.7. The molecular weight excluding hydrogens is 471 g/mol. The highest BCUT2D eigenvalue weighted by atomic mass is 79.9. The Morgan fingerprint density at radius 3 is 2.45 bits per heavy atom. The third-order valence-corrected chi connectivity index (χ3v) is 5.74. The van der Waals surface area contributed by atoms with Crippen LogP contribution in [-0.2, 0) is 11.3 Å². The molecule has 1 heterocycles. The number of amides is 2. The number of benzene rings is 2. The Balaban J connectivity index is 1.80. The highest BCUT2D eigenvalue weighted by Gasteiger charge is 2.26. The lowest BCUT2D eigenvalue weighted by Crippen LogP contribution is -2.48. The van der Waals surface area contributed by atoms with Crippen molar-refractivity contribution >= 4 is 39.1 Å². The van der Waals surface area contributed by atoms with Crippen LogP contribution in [0.5, 0.6) is 0 Å². The van der Waals surface area contributed by atoms with Crippen molar-refractivity contribution in [2.45, 2.75) is 13.5 Å². The maximum atomic E-state index is 14.0. The number of nitro groups is 1. The van der Waals surface area contributed by atoms with Crippen molar-refractivity contribution in [3.63, 3.8) is 0 Å². The van der Waals surface area contributed by atoms with E-state index in [1.54, 1.807) is 23.1 Å². The molecule has 2 aromatic carbocycles. The van der Waals surface area contributed by atoms with E-state index in [-0.39, 0.29) is 23.7 Å². The Morgan fingerprint density at radius 2 is 1.84 bits per heavy atom. The number of piperazine rings is 1. The van der Waals surface area contributed by atoms with Gasteiger partial charge in [0.25, 0.3) is 11.6 Å². The van der Waals surface area contributed by atoms with Crippen LogP contribution >= 0.6 is 15.9 Å². The van der Waals surface area contributed by atoms with Gasteiger partial charge in [0.05, 0.1) is 4.92 Å². The van der Waals surface area contributed by atoms with E-state index >= 15 is 0 Å². The van der Waals surface area contributed by atoms with Crippen molar-refractivity contribution in [1.82, 2.24) is 9.80 Å². The van der Waals surface area contributed by atoms with Crippen LogP contribution in [0.3, 0.4) is 0 Å². The first-order chi connectivity index (χ1) is 14.7. The van der Waals surface area contributed by atoms with Crippen LogP contribution in [0.2, 0.25) is 0 Å². The summed E-state index contributed by atoms with van der Waals surface area (Å²) in [6, 6.07) is 8.81. The van der Waals surface area contributed by atoms with Crippen molar-refractivity contribution in [2.75, 3.05) is 38.1 Å². The summed E-state index contributed by atoms with van der Waals surface area (Å²) < 4.78 is 14.7. The van der Waals surface area contributed by atoms with Crippen molar-refractivity contribution in [1.29, 1.82) is 0 Å². The van der Waals surface area contributed by atoms with Crippen molar-refractivity contribution in [3.05, 3.63) is 67.9 Å². The molecule has 8 nitrogen and oxygen atoms in total. The number of nitro benzene ring substituents is 1. The number of nitrogens with zero attached hydrogens (tertiary/aromatic N) is 4. The topological polar surface area (TPSA) is 87.0 Å². The van der Waals surface area contributed by atoms with Gasteiger partial charge in [-0.25, -0.2) is 4.39 Å². The third kappa shape index (κ3) is 5.19. The second-order valence-corrected chi connectivity index (χ2v) is 8.27. The van der Waals surface area contributed by atoms with Gasteiger partial charge in [-0.1, -0.05) is 15.9 Å². The largest absolute Gasteiger partial charge is 0.362 e. The molecule has 1 saturated heterocycles. The van der Waals surface area contributed by atoms with Gasteiger partial charge in [-0.05, 0) is 30.3 Å². The lowest BCUT2D eigenvalue weighted by molar-refractivity contribution is -0.384. The summed E-state index contributed by atoms with van der Waals surface area (Å²) in [6.45, 7) is 3.41. The summed E-state index contributed by atoms with van der Waals surface area (Å²) >= 11 is 3.28. The van der Waals surface area contributed by atoms with E-state index in [1.807, 2.05) is 4.90 Å². The second-order valence-electron chi connectivity index (χ2n) is 7.35. The molecule has 0 spiro atoms. The molecule has 0 atom stereocenters. The molecule has 0 bridgehead atoms. The minimum absolute atomic E-state index is 0.0205. The quantitative estimate of drug-likeness (QED) is 0.471. The Kier molecular flexibility index (Phi) is 6.89. The number of anilines is 1. The first kappa shape index (κ1) is 22.7. The zero-order valence-electron chi connectivity index (χ0n) is 17.2. The zero-order chi connectivity index (χ0) is 22.7. The summed E-state index contributed by atoms with van der Waals surface area (Å²) in [6.07, 6.45) is 0. The van der Waals surface area contributed by atoms with E-state index in [4.69, 9.17) is 0 Å². The average Bonchev–Trinajstić information content (AvgIpc) is 2.75. The fourth-order valence-electron chi connectivity index (χ4n) is 3.54. The normalized spacial score (nSPS) is 13.8. The maximum Gasteiger partial charge on any atom is 0.293 e. The third-order valence-electron chi connectivity index (χ3n) is 5.25. The number of carbonyl (C=O) groups is 2. The van der Waals surface area contributed by atoms with E-state index in [0.29, 0.717) is 41.9 Å². The fraction of sp³-hybridized carbons (Fsp3) is 0.333. The molecule has 2 aromatic rings. The summed E-state index contributed by atoms with van der Waals surface area (Å²) in [7, 11) is 1.52. The van der Waals surface area contributed by atoms with Crippen LogP contribution in [0, 0.1) is 15.9 Å². The van der Waals surface area contributed by atoms with Crippen molar-refractivity contribution < 1.29 is 18.9 Å². The SMILES string of the molecule is CC(=O)N1CCN(c2ccc(C(=O)N(C)Cc3cc(Br)ccc3F)cc2[N+](=O)[O-])CC1. The Hall–Kier alpha value is -3.01. The molecule has 164 valence electrons. The second kappa shape index (κ2) is 9.42. The van der Waals surface area contributed by atoms with Crippen LogP contribution in [-0.4, -0.2) is 59.8 Å². The molecule has 0 radical (unpaired) electrons. The molecule has 1 fully saturated rings. The molecule has 1 aliphatic rings.